The number of aromatic nitrogens is 2. The molecule has 186 valence electrons. The van der Waals surface area contributed by atoms with Crippen LogP contribution in [0.15, 0.2) is 77.7 Å². The van der Waals surface area contributed by atoms with Gasteiger partial charge in [0.15, 0.2) is 0 Å². The molecule has 1 heterocycles. The number of anilines is 2. The Morgan fingerprint density at radius 2 is 1.56 bits per heavy atom. The van der Waals surface area contributed by atoms with Gasteiger partial charge in [0.25, 0.3) is 10.0 Å². The molecule has 0 unspecified atom stereocenters. The lowest BCUT2D eigenvalue weighted by atomic mass is 10.2. The number of carbonyl (C=O) groups is 1. The summed E-state index contributed by atoms with van der Waals surface area (Å²) >= 11 is 13.0. The third-order valence-corrected chi connectivity index (χ3v) is 8.07. The zero-order valence-corrected chi connectivity index (χ0v) is 22.0. The van der Waals surface area contributed by atoms with Crippen LogP contribution in [0.25, 0.3) is 10.6 Å². The Morgan fingerprint density at radius 3 is 2.17 bits per heavy atom. The van der Waals surface area contributed by atoms with Gasteiger partial charge >= 0.3 is 0 Å². The molecule has 0 saturated carbocycles. The monoisotopic (exact) mass is 562 g/mol. The first-order valence-corrected chi connectivity index (χ1v) is 13.7. The van der Waals surface area contributed by atoms with Crippen LogP contribution in [-0.4, -0.2) is 37.7 Å². The van der Waals surface area contributed by atoms with Crippen LogP contribution in [-0.2, 0) is 14.8 Å². The molecule has 0 saturated heterocycles. The summed E-state index contributed by atoms with van der Waals surface area (Å²) in [5.41, 5.74) is 1.08. The highest BCUT2D eigenvalue weighted by atomic mass is 35.5. The van der Waals surface area contributed by atoms with Gasteiger partial charge in [-0.2, -0.15) is 0 Å². The van der Waals surface area contributed by atoms with Crippen molar-refractivity contribution in [1.29, 1.82) is 0 Å². The van der Waals surface area contributed by atoms with Crippen LogP contribution >= 0.6 is 34.5 Å². The zero-order valence-electron chi connectivity index (χ0n) is 18.9. The molecule has 0 aliphatic rings. The third-order valence-electron chi connectivity index (χ3n) is 4.89. The summed E-state index contributed by atoms with van der Waals surface area (Å²) < 4.78 is 33.5. The van der Waals surface area contributed by atoms with E-state index in [0.29, 0.717) is 33.1 Å². The van der Waals surface area contributed by atoms with Crippen LogP contribution < -0.4 is 14.4 Å². The van der Waals surface area contributed by atoms with E-state index in [1.54, 1.807) is 48.5 Å². The number of nitrogens with one attached hydrogen (secondary N) is 1. The fraction of sp³-hybridized carbons (Fsp3) is 0.125. The van der Waals surface area contributed by atoms with E-state index in [0.717, 1.165) is 21.2 Å². The van der Waals surface area contributed by atoms with Crippen LogP contribution in [0.3, 0.4) is 0 Å². The Balaban J connectivity index is 1.58. The summed E-state index contributed by atoms with van der Waals surface area (Å²) in [5, 5.41) is 12.5. The number of ether oxygens (including phenoxy) is 1. The second-order valence-corrected chi connectivity index (χ2v) is 11.1. The number of sulfonamides is 1. The first-order valence-electron chi connectivity index (χ1n) is 10.7. The van der Waals surface area contributed by atoms with Gasteiger partial charge in [-0.05, 0) is 67.6 Å². The molecule has 1 aromatic heterocycles. The number of benzene rings is 3. The minimum Gasteiger partial charge on any atom is -0.494 e. The molecule has 3 aromatic carbocycles. The summed E-state index contributed by atoms with van der Waals surface area (Å²) in [6.07, 6.45) is 0. The van der Waals surface area contributed by atoms with E-state index in [1.807, 2.05) is 6.92 Å². The largest absolute Gasteiger partial charge is 0.494 e. The van der Waals surface area contributed by atoms with Gasteiger partial charge in [0.1, 0.15) is 17.3 Å². The van der Waals surface area contributed by atoms with Gasteiger partial charge in [-0.25, -0.2) is 8.42 Å². The highest BCUT2D eigenvalue weighted by molar-refractivity contribution is 7.92. The van der Waals surface area contributed by atoms with Crippen LogP contribution in [0.5, 0.6) is 5.75 Å². The number of carbonyl (C=O) groups excluding carboxylic acids is 1. The number of rotatable bonds is 9. The zero-order chi connectivity index (χ0) is 25.7. The van der Waals surface area contributed by atoms with Crippen molar-refractivity contribution in [3.63, 3.8) is 0 Å². The molecule has 36 heavy (non-hydrogen) atoms. The van der Waals surface area contributed by atoms with Gasteiger partial charge in [0, 0.05) is 15.6 Å². The van der Waals surface area contributed by atoms with Crippen molar-refractivity contribution < 1.29 is 17.9 Å². The maximum absolute atomic E-state index is 13.5. The van der Waals surface area contributed by atoms with Crippen molar-refractivity contribution in [3.8, 4) is 16.3 Å². The molecule has 1 N–H and O–H groups in total. The Bertz CT molecular complexity index is 1440. The van der Waals surface area contributed by atoms with E-state index in [1.165, 1.54) is 24.3 Å². The molecule has 4 rings (SSSR count). The topological polar surface area (TPSA) is 101 Å². The molecule has 0 aliphatic heterocycles. The smallest absolute Gasteiger partial charge is 0.264 e. The molecule has 0 fully saturated rings. The first-order chi connectivity index (χ1) is 17.3. The predicted octanol–water partition coefficient (Wildman–Crippen LogP) is 5.74. The number of halogens is 2. The fourth-order valence-electron chi connectivity index (χ4n) is 3.20. The van der Waals surface area contributed by atoms with Gasteiger partial charge in [-0.3, -0.25) is 14.4 Å². The summed E-state index contributed by atoms with van der Waals surface area (Å²) in [4.78, 5) is 12.9. The van der Waals surface area contributed by atoms with Gasteiger partial charge in [0.05, 0.1) is 17.2 Å². The third kappa shape index (κ3) is 6.14. The molecule has 1 amide bonds. The fourth-order valence-corrected chi connectivity index (χ4v) is 5.63. The Hall–Kier alpha value is -3.18. The Morgan fingerprint density at radius 1 is 0.944 bits per heavy atom. The van der Waals surface area contributed by atoms with Crippen LogP contribution in [0, 0.1) is 0 Å². The molecule has 0 atom stereocenters. The molecule has 0 spiro atoms. The molecule has 0 bridgehead atoms. The van der Waals surface area contributed by atoms with Gasteiger partial charge in [-0.1, -0.05) is 46.7 Å². The highest BCUT2D eigenvalue weighted by Gasteiger charge is 2.28. The summed E-state index contributed by atoms with van der Waals surface area (Å²) in [6.45, 7) is 1.82. The quantitative estimate of drug-likeness (QED) is 0.279. The Kier molecular flexibility index (Phi) is 8.10. The molecular formula is C24H20Cl2N4O4S2. The lowest BCUT2D eigenvalue weighted by molar-refractivity contribution is -0.114. The van der Waals surface area contributed by atoms with E-state index in [4.69, 9.17) is 27.9 Å². The minimum atomic E-state index is -4.10. The van der Waals surface area contributed by atoms with Crippen molar-refractivity contribution in [2.45, 2.75) is 11.8 Å². The van der Waals surface area contributed by atoms with E-state index in [-0.39, 0.29) is 10.0 Å². The van der Waals surface area contributed by atoms with Crippen LogP contribution in [0.4, 0.5) is 10.8 Å². The Labute approximate surface area is 222 Å². The summed E-state index contributed by atoms with van der Waals surface area (Å²) in [7, 11) is -4.10. The van der Waals surface area contributed by atoms with Crippen molar-refractivity contribution in [1.82, 2.24) is 10.2 Å². The second kappa shape index (κ2) is 11.3. The SMILES string of the molecule is CCOc1ccc(N(CC(=O)Nc2nnc(-c3ccc(Cl)cc3)s2)S(=O)(=O)c2ccc(Cl)cc2)cc1. The standard InChI is InChI=1S/C24H20Cl2N4O4S2/c1-2-34-20-11-9-19(10-12-20)30(36(32,33)21-13-7-18(26)8-14-21)15-22(31)27-24-29-28-23(35-24)16-3-5-17(25)6-4-16/h3-14H,2,15H2,1H3,(H,27,29,31). The molecule has 4 aromatic rings. The van der Waals surface area contributed by atoms with E-state index < -0.39 is 22.5 Å². The average molecular weight is 563 g/mol. The normalized spacial score (nSPS) is 11.2. The van der Waals surface area contributed by atoms with Crippen molar-refractivity contribution >= 4 is 61.3 Å². The molecule has 12 heteroatoms. The minimum absolute atomic E-state index is 0.00507. The van der Waals surface area contributed by atoms with Gasteiger partial charge in [-0.15, -0.1) is 10.2 Å². The molecule has 8 nitrogen and oxygen atoms in total. The summed E-state index contributed by atoms with van der Waals surface area (Å²) in [5.74, 6) is -0.00152. The van der Waals surface area contributed by atoms with E-state index in [2.05, 4.69) is 15.5 Å². The van der Waals surface area contributed by atoms with Crippen molar-refractivity contribution in [2.75, 3.05) is 22.8 Å². The number of hydrogen-bond acceptors (Lipinski definition) is 7. The van der Waals surface area contributed by atoms with Gasteiger partial charge < -0.3 is 4.74 Å². The maximum atomic E-state index is 13.5. The molecular weight excluding hydrogens is 543 g/mol. The number of amides is 1. The highest BCUT2D eigenvalue weighted by Crippen LogP contribution is 2.29. The summed E-state index contributed by atoms with van der Waals surface area (Å²) in [6, 6.07) is 19.2. The molecule has 0 radical (unpaired) electrons. The number of nitrogens with zero attached hydrogens (tertiary/aromatic N) is 3. The van der Waals surface area contributed by atoms with Crippen LogP contribution in [0.1, 0.15) is 6.92 Å². The van der Waals surface area contributed by atoms with E-state index in [9.17, 15) is 13.2 Å². The van der Waals surface area contributed by atoms with Gasteiger partial charge in [0.2, 0.25) is 11.0 Å². The number of hydrogen-bond donors (Lipinski definition) is 1. The average Bonchev–Trinajstić information content (AvgIpc) is 3.32. The lowest BCUT2D eigenvalue weighted by Gasteiger charge is -2.24. The van der Waals surface area contributed by atoms with Crippen LogP contribution in [0.2, 0.25) is 10.0 Å². The molecule has 0 aliphatic carbocycles. The maximum Gasteiger partial charge on any atom is 0.264 e. The second-order valence-electron chi connectivity index (χ2n) is 7.36. The van der Waals surface area contributed by atoms with Crippen molar-refractivity contribution in [2.24, 2.45) is 0 Å². The predicted molar refractivity (Wildman–Crippen MR) is 143 cm³/mol. The lowest BCUT2D eigenvalue weighted by Crippen LogP contribution is -2.38. The van der Waals surface area contributed by atoms with Crippen molar-refractivity contribution in [3.05, 3.63) is 82.8 Å². The van der Waals surface area contributed by atoms with E-state index >= 15 is 0 Å². The first kappa shape index (κ1) is 25.9.